The Labute approximate surface area is 177 Å². The molecule has 0 radical (unpaired) electrons. The smallest absolute Gasteiger partial charge is 0.490 e. The number of benzene rings is 1. The molecule has 1 aromatic carbocycles. The Morgan fingerprint density at radius 1 is 1.23 bits per heavy atom. The quantitative estimate of drug-likeness (QED) is 0.765. The van der Waals surface area contributed by atoms with Crippen LogP contribution in [0.3, 0.4) is 0 Å². The Bertz CT molecular complexity index is 889. The number of fused-ring (bicyclic) bond motifs is 1. The molecule has 0 atom stereocenters. The first-order chi connectivity index (χ1) is 14.5. The third-order valence-electron chi connectivity index (χ3n) is 4.46. The summed E-state index contributed by atoms with van der Waals surface area (Å²) in [6.45, 7) is 2.80. The van der Waals surface area contributed by atoms with E-state index in [1.807, 2.05) is 28.9 Å². The van der Waals surface area contributed by atoms with Crippen LogP contribution in [0.4, 0.5) is 13.2 Å². The highest BCUT2D eigenvalue weighted by Gasteiger charge is 2.38. The Morgan fingerprint density at radius 2 is 1.90 bits per heavy atom. The molecule has 2 heterocycles. The molecule has 0 unspecified atom stereocenters. The van der Waals surface area contributed by atoms with Gasteiger partial charge in [-0.25, -0.2) is 14.5 Å². The second-order valence-electron chi connectivity index (χ2n) is 6.92. The van der Waals surface area contributed by atoms with Crippen molar-refractivity contribution in [2.75, 3.05) is 40.8 Å². The molecular weight excluding hydrogens is 419 g/mol. The lowest BCUT2D eigenvalue weighted by molar-refractivity contribution is -0.192. The molecule has 0 spiro atoms. The van der Waals surface area contributed by atoms with Gasteiger partial charge in [0.25, 0.3) is 0 Å². The van der Waals surface area contributed by atoms with Crippen molar-refractivity contribution in [2.45, 2.75) is 19.1 Å². The first-order valence-corrected chi connectivity index (χ1v) is 9.32. The van der Waals surface area contributed by atoms with E-state index in [0.29, 0.717) is 6.54 Å². The van der Waals surface area contributed by atoms with Crippen LogP contribution in [-0.2, 0) is 22.6 Å². The molecule has 0 saturated carbocycles. The lowest BCUT2D eigenvalue weighted by Gasteiger charge is -2.20. The van der Waals surface area contributed by atoms with Crippen molar-refractivity contribution in [3.63, 3.8) is 0 Å². The van der Waals surface area contributed by atoms with Crippen molar-refractivity contribution in [1.29, 1.82) is 0 Å². The monoisotopic (exact) mass is 443 g/mol. The third-order valence-corrected chi connectivity index (χ3v) is 4.46. The van der Waals surface area contributed by atoms with Crippen molar-refractivity contribution >= 4 is 11.9 Å². The highest BCUT2D eigenvalue weighted by atomic mass is 19.4. The van der Waals surface area contributed by atoms with E-state index < -0.39 is 12.1 Å². The minimum absolute atomic E-state index is 0.125. The fraction of sp³-hybridized carbons (Fsp3) is 0.474. The van der Waals surface area contributed by atoms with E-state index in [9.17, 15) is 18.0 Å². The molecule has 0 saturated heterocycles. The summed E-state index contributed by atoms with van der Waals surface area (Å²) in [5.74, 6) is -0.146. The van der Waals surface area contributed by atoms with E-state index in [1.165, 1.54) is 0 Å². The summed E-state index contributed by atoms with van der Waals surface area (Å²) in [6, 6.07) is 7.77. The van der Waals surface area contributed by atoms with E-state index in [-0.39, 0.29) is 5.91 Å². The molecule has 0 fully saturated rings. The first kappa shape index (κ1) is 24.1. The fourth-order valence-corrected chi connectivity index (χ4v) is 2.72. The Morgan fingerprint density at radius 3 is 2.48 bits per heavy atom. The van der Waals surface area contributed by atoms with Gasteiger partial charge in [0.2, 0.25) is 5.91 Å². The number of aromatic nitrogens is 3. The van der Waals surface area contributed by atoms with Gasteiger partial charge in [0.1, 0.15) is 11.6 Å². The number of amides is 1. The molecular formula is C19H24F3N5O4. The van der Waals surface area contributed by atoms with Gasteiger partial charge in [-0.3, -0.25) is 9.69 Å². The number of halogens is 3. The Hall–Kier alpha value is -3.15. The maximum absolute atomic E-state index is 11.9. The standard InChI is InChI=1S/C17H23N5O2.C2HF3O2/c1-20(2)16(23)12-21-8-7-15-18-17(19-22(15)10-9-21)13-5-4-6-14(11-13)24-3;3-2(4,5)1(6)7/h4-6,11H,7-10,12H2,1-3H3;(H,6,7). The number of methoxy groups -OCH3 is 1. The zero-order valence-electron chi connectivity index (χ0n) is 17.4. The van der Waals surface area contributed by atoms with Crippen LogP contribution in [0.25, 0.3) is 11.4 Å². The minimum atomic E-state index is -5.08. The normalized spacial score (nSPS) is 14.0. The molecule has 0 bridgehead atoms. The van der Waals surface area contributed by atoms with Gasteiger partial charge in [-0.2, -0.15) is 18.3 Å². The molecule has 1 aromatic heterocycles. The van der Waals surface area contributed by atoms with Gasteiger partial charge >= 0.3 is 12.1 Å². The van der Waals surface area contributed by atoms with Gasteiger partial charge in [-0.1, -0.05) is 12.1 Å². The predicted molar refractivity (Wildman–Crippen MR) is 105 cm³/mol. The van der Waals surface area contributed by atoms with E-state index >= 15 is 0 Å². The van der Waals surface area contributed by atoms with Gasteiger partial charge < -0.3 is 14.7 Å². The van der Waals surface area contributed by atoms with Gasteiger partial charge in [0.15, 0.2) is 5.82 Å². The number of rotatable bonds is 4. The molecule has 31 heavy (non-hydrogen) atoms. The van der Waals surface area contributed by atoms with Crippen LogP contribution in [0.15, 0.2) is 24.3 Å². The molecule has 2 aromatic rings. The number of nitrogens with zero attached hydrogens (tertiary/aromatic N) is 5. The highest BCUT2D eigenvalue weighted by Crippen LogP contribution is 2.22. The van der Waals surface area contributed by atoms with E-state index in [2.05, 4.69) is 15.0 Å². The summed E-state index contributed by atoms with van der Waals surface area (Å²) < 4.78 is 39.0. The van der Waals surface area contributed by atoms with Crippen molar-refractivity contribution in [3.05, 3.63) is 30.1 Å². The number of alkyl halides is 3. The zero-order chi connectivity index (χ0) is 23.2. The Kier molecular flexibility index (Phi) is 7.97. The topological polar surface area (TPSA) is 101 Å². The number of carboxylic acid groups (broad SMARTS) is 1. The second kappa shape index (κ2) is 10.2. The van der Waals surface area contributed by atoms with Gasteiger partial charge in [-0.05, 0) is 12.1 Å². The molecule has 0 aliphatic carbocycles. The molecule has 1 aliphatic rings. The highest BCUT2D eigenvalue weighted by molar-refractivity contribution is 5.77. The average Bonchev–Trinajstić information content (AvgIpc) is 3.03. The van der Waals surface area contributed by atoms with E-state index in [4.69, 9.17) is 14.6 Å². The van der Waals surface area contributed by atoms with E-state index in [0.717, 1.165) is 49.0 Å². The summed E-state index contributed by atoms with van der Waals surface area (Å²) in [5.41, 5.74) is 0.953. The maximum Gasteiger partial charge on any atom is 0.490 e. The molecule has 12 heteroatoms. The van der Waals surface area contributed by atoms with Crippen molar-refractivity contribution in [3.8, 4) is 17.1 Å². The number of carboxylic acids is 1. The largest absolute Gasteiger partial charge is 0.497 e. The summed E-state index contributed by atoms with van der Waals surface area (Å²) in [5, 5.41) is 11.8. The number of hydrogen-bond donors (Lipinski definition) is 1. The number of carbonyl (C=O) groups excluding carboxylic acids is 1. The van der Waals surface area contributed by atoms with Gasteiger partial charge in [0, 0.05) is 39.2 Å². The van der Waals surface area contributed by atoms with Crippen LogP contribution in [0.5, 0.6) is 5.75 Å². The number of hydrogen-bond acceptors (Lipinski definition) is 6. The molecule has 1 N–H and O–H groups in total. The van der Waals surface area contributed by atoms with Crippen LogP contribution >= 0.6 is 0 Å². The molecule has 1 amide bonds. The van der Waals surface area contributed by atoms with E-state index in [1.54, 1.807) is 26.1 Å². The number of ether oxygens (including phenoxy) is 1. The van der Waals surface area contributed by atoms with Gasteiger partial charge in [0.05, 0.1) is 20.2 Å². The second-order valence-corrected chi connectivity index (χ2v) is 6.92. The molecule has 1 aliphatic heterocycles. The minimum Gasteiger partial charge on any atom is -0.497 e. The van der Waals surface area contributed by atoms with Crippen molar-refractivity contribution in [2.24, 2.45) is 0 Å². The first-order valence-electron chi connectivity index (χ1n) is 9.32. The van der Waals surface area contributed by atoms with Crippen molar-refractivity contribution < 1.29 is 32.6 Å². The SMILES string of the molecule is COc1cccc(-c2nc3n(n2)CCN(CC(=O)N(C)C)CC3)c1.O=C(O)C(F)(F)F. The molecule has 9 nitrogen and oxygen atoms in total. The number of carbonyl (C=O) groups is 2. The predicted octanol–water partition coefficient (Wildman–Crippen LogP) is 1.53. The van der Waals surface area contributed by atoms with Crippen LogP contribution in [0, 0.1) is 0 Å². The fourth-order valence-electron chi connectivity index (χ4n) is 2.72. The van der Waals surface area contributed by atoms with Crippen LogP contribution in [0.2, 0.25) is 0 Å². The summed E-state index contributed by atoms with van der Waals surface area (Å²) in [4.78, 5) is 29.2. The summed E-state index contributed by atoms with van der Waals surface area (Å²) in [7, 11) is 5.22. The molecule has 170 valence electrons. The number of likely N-dealkylation sites (N-methyl/N-ethyl adjacent to an activating group) is 1. The Balaban J connectivity index is 0.000000423. The van der Waals surface area contributed by atoms with Crippen molar-refractivity contribution in [1.82, 2.24) is 24.6 Å². The lowest BCUT2D eigenvalue weighted by Crippen LogP contribution is -2.38. The number of aliphatic carboxylic acids is 1. The van der Waals surface area contributed by atoms with Crippen LogP contribution in [0.1, 0.15) is 5.82 Å². The van der Waals surface area contributed by atoms with Crippen LogP contribution in [-0.4, -0.2) is 88.6 Å². The average molecular weight is 443 g/mol. The molecule has 3 rings (SSSR count). The summed E-state index contributed by atoms with van der Waals surface area (Å²) >= 11 is 0. The zero-order valence-corrected chi connectivity index (χ0v) is 17.4. The lowest BCUT2D eigenvalue weighted by atomic mass is 10.2. The summed E-state index contributed by atoms with van der Waals surface area (Å²) in [6.07, 6.45) is -4.29. The maximum atomic E-state index is 11.9. The van der Waals surface area contributed by atoms with Gasteiger partial charge in [-0.15, -0.1) is 0 Å². The third kappa shape index (κ3) is 6.95. The van der Waals surface area contributed by atoms with Crippen LogP contribution < -0.4 is 4.74 Å².